The van der Waals surface area contributed by atoms with Crippen molar-refractivity contribution in [1.29, 1.82) is 0 Å². The lowest BCUT2D eigenvalue weighted by Gasteiger charge is -2.08. The first-order valence-corrected chi connectivity index (χ1v) is 6.06. The minimum absolute atomic E-state index is 0.0731. The Bertz CT molecular complexity index is 523. The van der Waals surface area contributed by atoms with Crippen molar-refractivity contribution in [3.8, 4) is 5.75 Å². The molecule has 0 aliphatic carbocycles. The van der Waals surface area contributed by atoms with E-state index in [-0.39, 0.29) is 5.91 Å². The number of anilines is 1. The molecule has 0 radical (unpaired) electrons. The molecule has 0 atom stereocenters. The minimum Gasteiger partial charge on any atom is -0.495 e. The predicted molar refractivity (Wildman–Crippen MR) is 70.8 cm³/mol. The highest BCUT2D eigenvalue weighted by atomic mass is 16.5. The van der Waals surface area contributed by atoms with Crippen LogP contribution in [-0.4, -0.2) is 19.6 Å². The molecule has 2 rings (SSSR count). The maximum atomic E-state index is 11.8. The zero-order chi connectivity index (χ0) is 13.5. The second-order valence-electron chi connectivity index (χ2n) is 4.02. The molecule has 0 saturated carbocycles. The lowest BCUT2D eigenvalue weighted by molar-refractivity contribution is -0.661. The number of ether oxygens (including phenoxy) is 1. The highest BCUT2D eigenvalue weighted by Crippen LogP contribution is 2.22. The molecule has 1 heterocycles. The van der Waals surface area contributed by atoms with Crippen molar-refractivity contribution in [2.75, 3.05) is 19.0 Å². The number of nitrogens with two attached hydrogens (primary N) is 1. The van der Waals surface area contributed by atoms with Crippen molar-refractivity contribution in [3.05, 3.63) is 48.4 Å². The second kappa shape index (κ2) is 6.61. The van der Waals surface area contributed by atoms with Crippen LogP contribution >= 0.6 is 0 Å². The summed E-state index contributed by atoms with van der Waals surface area (Å²) in [6, 6.07) is 11.0. The van der Waals surface area contributed by atoms with E-state index in [4.69, 9.17) is 9.15 Å². The fourth-order valence-electron chi connectivity index (χ4n) is 1.72. The first-order valence-electron chi connectivity index (χ1n) is 6.06. The number of hydrogen-bond acceptors (Lipinski definition) is 3. The molecule has 19 heavy (non-hydrogen) atoms. The van der Waals surface area contributed by atoms with Gasteiger partial charge in [-0.1, -0.05) is 12.1 Å². The second-order valence-corrected chi connectivity index (χ2v) is 4.02. The molecule has 0 aliphatic rings. The summed E-state index contributed by atoms with van der Waals surface area (Å²) in [5.41, 5.74) is 0.682. The average molecular weight is 261 g/mol. The molecule has 1 amide bonds. The molecule has 5 nitrogen and oxygen atoms in total. The van der Waals surface area contributed by atoms with Gasteiger partial charge < -0.3 is 19.8 Å². The van der Waals surface area contributed by atoms with Crippen LogP contribution in [0.2, 0.25) is 0 Å². The third-order valence-corrected chi connectivity index (χ3v) is 2.64. The minimum atomic E-state index is -0.0731. The summed E-state index contributed by atoms with van der Waals surface area (Å²) in [4.78, 5) is 11.8. The largest absolute Gasteiger partial charge is 0.495 e. The Morgan fingerprint density at radius 3 is 2.89 bits per heavy atom. The summed E-state index contributed by atoms with van der Waals surface area (Å²) in [7, 11) is 1.58. The number of amides is 1. The van der Waals surface area contributed by atoms with Gasteiger partial charge in [0, 0.05) is 0 Å². The van der Waals surface area contributed by atoms with Crippen molar-refractivity contribution in [2.45, 2.75) is 6.54 Å². The molecule has 1 aromatic heterocycles. The van der Waals surface area contributed by atoms with Crippen molar-refractivity contribution in [1.82, 2.24) is 0 Å². The number of para-hydroxylation sites is 2. The number of carbonyl (C=O) groups excluding carboxylic acids is 1. The maximum Gasteiger partial charge on any atom is 0.279 e. The standard InChI is InChI=1S/C14H16N2O3/c1-18-13-7-3-2-6-12(13)16-14(17)10-15-9-11-5-4-8-19-11/h2-8,15H,9-10H2,1H3,(H,16,17)/p+1. The first kappa shape index (κ1) is 13.2. The third-order valence-electron chi connectivity index (χ3n) is 2.64. The number of furan rings is 1. The van der Waals surface area contributed by atoms with Crippen LogP contribution in [0.4, 0.5) is 5.69 Å². The monoisotopic (exact) mass is 261 g/mol. The average Bonchev–Trinajstić information content (AvgIpc) is 2.92. The Labute approximate surface area is 111 Å². The number of benzene rings is 1. The number of methoxy groups -OCH3 is 1. The van der Waals surface area contributed by atoms with E-state index >= 15 is 0 Å². The Kier molecular flexibility index (Phi) is 4.58. The zero-order valence-electron chi connectivity index (χ0n) is 10.8. The van der Waals surface area contributed by atoms with Gasteiger partial charge in [0.2, 0.25) is 0 Å². The van der Waals surface area contributed by atoms with Gasteiger partial charge in [-0.15, -0.1) is 0 Å². The number of nitrogens with one attached hydrogen (secondary N) is 1. The van der Waals surface area contributed by atoms with Crippen LogP contribution in [0.25, 0.3) is 0 Å². The van der Waals surface area contributed by atoms with Crippen LogP contribution in [0.5, 0.6) is 5.75 Å². The van der Waals surface area contributed by atoms with Crippen molar-refractivity contribution in [3.63, 3.8) is 0 Å². The van der Waals surface area contributed by atoms with Crippen molar-refractivity contribution >= 4 is 11.6 Å². The molecular formula is C14H17N2O3+. The molecule has 0 saturated heterocycles. The SMILES string of the molecule is COc1ccccc1NC(=O)C[NH2+]Cc1ccco1. The molecule has 5 heteroatoms. The van der Waals surface area contributed by atoms with E-state index in [9.17, 15) is 4.79 Å². The summed E-state index contributed by atoms with van der Waals surface area (Å²) >= 11 is 0. The first-order chi connectivity index (χ1) is 9.29. The molecule has 0 unspecified atom stereocenters. The quantitative estimate of drug-likeness (QED) is 0.815. The number of carbonyl (C=O) groups is 1. The summed E-state index contributed by atoms with van der Waals surface area (Å²) in [5, 5.41) is 4.69. The van der Waals surface area contributed by atoms with E-state index in [0.717, 1.165) is 5.76 Å². The van der Waals surface area contributed by atoms with E-state index < -0.39 is 0 Å². The van der Waals surface area contributed by atoms with Crippen LogP contribution in [0.3, 0.4) is 0 Å². The van der Waals surface area contributed by atoms with Gasteiger partial charge in [-0.2, -0.15) is 0 Å². The third kappa shape index (κ3) is 3.86. The van der Waals surface area contributed by atoms with Crippen LogP contribution in [-0.2, 0) is 11.3 Å². The zero-order valence-corrected chi connectivity index (χ0v) is 10.8. The predicted octanol–water partition coefficient (Wildman–Crippen LogP) is 0.990. The Morgan fingerprint density at radius 2 is 2.16 bits per heavy atom. The summed E-state index contributed by atoms with van der Waals surface area (Å²) in [5.74, 6) is 1.43. The lowest BCUT2D eigenvalue weighted by Crippen LogP contribution is -2.84. The normalized spacial score (nSPS) is 10.2. The van der Waals surface area contributed by atoms with Gasteiger partial charge >= 0.3 is 0 Å². The van der Waals surface area contributed by atoms with Gasteiger partial charge in [0.05, 0.1) is 19.1 Å². The van der Waals surface area contributed by atoms with Gasteiger partial charge in [0.25, 0.3) is 5.91 Å². The molecule has 1 aromatic carbocycles. The highest BCUT2D eigenvalue weighted by Gasteiger charge is 2.08. The molecule has 0 aliphatic heterocycles. The number of rotatable bonds is 6. The van der Waals surface area contributed by atoms with Gasteiger partial charge in [0.15, 0.2) is 12.3 Å². The molecule has 3 N–H and O–H groups in total. The Morgan fingerprint density at radius 1 is 1.32 bits per heavy atom. The van der Waals surface area contributed by atoms with E-state index in [2.05, 4.69) is 5.32 Å². The van der Waals surface area contributed by atoms with E-state index in [0.29, 0.717) is 24.5 Å². The molecule has 0 fully saturated rings. The lowest BCUT2D eigenvalue weighted by atomic mass is 10.3. The smallest absolute Gasteiger partial charge is 0.279 e. The Hall–Kier alpha value is -2.27. The topological polar surface area (TPSA) is 68.1 Å². The van der Waals surface area contributed by atoms with Gasteiger partial charge in [-0.25, -0.2) is 0 Å². The summed E-state index contributed by atoms with van der Waals surface area (Å²) in [6.07, 6.45) is 1.62. The maximum absolute atomic E-state index is 11.8. The van der Waals surface area contributed by atoms with Crippen molar-refractivity contribution < 1.29 is 19.3 Å². The van der Waals surface area contributed by atoms with E-state index in [1.54, 1.807) is 13.4 Å². The van der Waals surface area contributed by atoms with E-state index in [1.807, 2.05) is 41.7 Å². The van der Waals surface area contributed by atoms with Gasteiger partial charge in [-0.05, 0) is 24.3 Å². The van der Waals surface area contributed by atoms with Gasteiger partial charge in [0.1, 0.15) is 12.3 Å². The van der Waals surface area contributed by atoms with Crippen LogP contribution < -0.4 is 15.4 Å². The molecule has 0 bridgehead atoms. The van der Waals surface area contributed by atoms with Crippen molar-refractivity contribution in [2.24, 2.45) is 0 Å². The van der Waals surface area contributed by atoms with Gasteiger partial charge in [-0.3, -0.25) is 4.79 Å². The number of hydrogen-bond donors (Lipinski definition) is 2. The fraction of sp³-hybridized carbons (Fsp3) is 0.214. The Balaban J connectivity index is 1.80. The molecule has 0 spiro atoms. The molecular weight excluding hydrogens is 244 g/mol. The summed E-state index contributed by atoms with van der Waals surface area (Å²) in [6.45, 7) is 0.977. The number of quaternary nitrogens is 1. The molecule has 2 aromatic rings. The highest BCUT2D eigenvalue weighted by molar-refractivity contribution is 5.92. The van der Waals surface area contributed by atoms with Crippen LogP contribution in [0.1, 0.15) is 5.76 Å². The summed E-state index contributed by atoms with van der Waals surface area (Å²) < 4.78 is 10.4. The van der Waals surface area contributed by atoms with Crippen LogP contribution in [0, 0.1) is 0 Å². The fourth-order valence-corrected chi connectivity index (χ4v) is 1.72. The van der Waals surface area contributed by atoms with E-state index in [1.165, 1.54) is 0 Å². The molecule has 100 valence electrons. The van der Waals surface area contributed by atoms with Crippen LogP contribution in [0.15, 0.2) is 47.1 Å².